The predicted octanol–water partition coefficient (Wildman–Crippen LogP) is 3.27. The average molecular weight is 460 g/mol. The van der Waals surface area contributed by atoms with Gasteiger partial charge in [0.2, 0.25) is 0 Å². The first kappa shape index (κ1) is 25.9. The fourth-order valence-electron chi connectivity index (χ4n) is 2.63. The maximum absolute atomic E-state index is 14.7. The number of sulfone groups is 1. The van der Waals surface area contributed by atoms with Crippen molar-refractivity contribution in [3.63, 3.8) is 0 Å². The standard InChI is InChI=1S/C19H26FN3O5S2/c1-7-10-18(5,12-21)30(27,28)13-19(6,22-29(26)17(2,3)4)15-11-14(23(24)25)8-9-16(15)20/h7-9,11,22H,1,10,13H2,2-6H3/t18?,19-,29?/m0/s1. The minimum atomic E-state index is -4.25. The zero-order valence-corrected chi connectivity index (χ0v) is 19.2. The summed E-state index contributed by atoms with van der Waals surface area (Å²) in [5, 5.41) is 20.7. The van der Waals surface area contributed by atoms with Crippen molar-refractivity contribution in [3.8, 4) is 6.07 Å². The smallest absolute Gasteiger partial charge is 0.258 e. The number of nitro benzene ring substituents is 1. The Labute approximate surface area is 178 Å². The Kier molecular flexibility index (Phi) is 7.69. The van der Waals surface area contributed by atoms with Crippen LogP contribution in [0.2, 0.25) is 0 Å². The zero-order valence-electron chi connectivity index (χ0n) is 17.6. The van der Waals surface area contributed by atoms with E-state index < -0.39 is 58.0 Å². The molecule has 0 saturated heterocycles. The van der Waals surface area contributed by atoms with Gasteiger partial charge < -0.3 is 0 Å². The van der Waals surface area contributed by atoms with Gasteiger partial charge in [-0.2, -0.15) is 5.26 Å². The molecule has 1 N–H and O–H groups in total. The fraction of sp³-hybridized carbons (Fsp3) is 0.526. The molecule has 1 aromatic carbocycles. The Morgan fingerprint density at radius 2 is 1.90 bits per heavy atom. The van der Waals surface area contributed by atoms with Crippen LogP contribution in [-0.4, -0.2) is 32.8 Å². The SMILES string of the molecule is C=CCC(C)(C#N)S(=O)(=O)C[C@](C)(NS(=O)C(C)(C)C)c1cc([N+](=O)[O-])ccc1F. The van der Waals surface area contributed by atoms with E-state index in [1.165, 1.54) is 19.9 Å². The molecule has 1 rings (SSSR count). The Bertz CT molecular complexity index is 1010. The number of nitro groups is 1. The largest absolute Gasteiger partial charge is 0.269 e. The van der Waals surface area contributed by atoms with E-state index in [0.717, 1.165) is 18.2 Å². The molecule has 0 aliphatic carbocycles. The van der Waals surface area contributed by atoms with Crippen molar-refractivity contribution in [2.75, 3.05) is 5.75 Å². The highest BCUT2D eigenvalue weighted by molar-refractivity contribution is 7.93. The summed E-state index contributed by atoms with van der Waals surface area (Å²) >= 11 is 0. The van der Waals surface area contributed by atoms with Gasteiger partial charge in [-0.3, -0.25) is 10.1 Å². The van der Waals surface area contributed by atoms with Crippen LogP contribution in [-0.2, 0) is 26.4 Å². The van der Waals surface area contributed by atoms with Gasteiger partial charge in [0.05, 0.1) is 38.0 Å². The van der Waals surface area contributed by atoms with E-state index in [9.17, 15) is 32.4 Å². The first-order valence-electron chi connectivity index (χ1n) is 8.91. The number of benzene rings is 1. The Balaban J connectivity index is 3.71. The van der Waals surface area contributed by atoms with Crippen LogP contribution in [0.25, 0.3) is 0 Å². The highest BCUT2D eigenvalue weighted by Gasteiger charge is 2.46. The summed E-state index contributed by atoms with van der Waals surface area (Å²) in [5.74, 6) is -1.73. The lowest BCUT2D eigenvalue weighted by Gasteiger charge is -2.35. The van der Waals surface area contributed by atoms with Gasteiger partial charge in [-0.25, -0.2) is 21.7 Å². The molecule has 3 atom stereocenters. The first-order chi connectivity index (χ1) is 13.5. The second-order valence-electron chi connectivity index (χ2n) is 8.33. The summed E-state index contributed by atoms with van der Waals surface area (Å²) in [4.78, 5) is 10.4. The van der Waals surface area contributed by atoms with Crippen LogP contribution in [0.4, 0.5) is 10.1 Å². The Morgan fingerprint density at radius 3 is 2.33 bits per heavy atom. The summed E-state index contributed by atoms with van der Waals surface area (Å²) in [6.45, 7) is 10.9. The highest BCUT2D eigenvalue weighted by atomic mass is 32.2. The molecule has 0 spiro atoms. The lowest BCUT2D eigenvalue weighted by Crippen LogP contribution is -2.53. The number of hydrogen-bond acceptors (Lipinski definition) is 6. The van der Waals surface area contributed by atoms with E-state index in [-0.39, 0.29) is 12.0 Å². The topological polar surface area (TPSA) is 130 Å². The molecule has 0 amide bonds. The molecular formula is C19H26FN3O5S2. The lowest BCUT2D eigenvalue weighted by atomic mass is 9.94. The summed E-state index contributed by atoms with van der Waals surface area (Å²) in [5.41, 5.74) is -2.61. The van der Waals surface area contributed by atoms with Crippen molar-refractivity contribution in [3.05, 3.63) is 52.3 Å². The molecule has 1 aromatic rings. The molecule has 30 heavy (non-hydrogen) atoms. The predicted molar refractivity (Wildman–Crippen MR) is 114 cm³/mol. The minimum absolute atomic E-state index is 0.179. The van der Waals surface area contributed by atoms with Gasteiger partial charge in [-0.1, -0.05) is 6.08 Å². The third kappa shape index (κ3) is 5.50. The molecule has 0 radical (unpaired) electrons. The summed E-state index contributed by atoms with van der Waals surface area (Å²) < 4.78 is 53.8. The van der Waals surface area contributed by atoms with Crippen molar-refractivity contribution in [1.29, 1.82) is 5.26 Å². The number of allylic oxidation sites excluding steroid dienone is 1. The van der Waals surface area contributed by atoms with Gasteiger partial charge in [0.25, 0.3) is 5.69 Å². The number of hydrogen-bond donors (Lipinski definition) is 1. The summed E-state index contributed by atoms with van der Waals surface area (Å²) in [6.07, 6.45) is 1.11. The second-order valence-corrected chi connectivity index (χ2v) is 12.7. The lowest BCUT2D eigenvalue weighted by molar-refractivity contribution is -0.385. The highest BCUT2D eigenvalue weighted by Crippen LogP contribution is 2.34. The number of rotatable bonds is 9. The fourth-order valence-corrected chi connectivity index (χ4v) is 5.43. The van der Waals surface area contributed by atoms with E-state index in [1.807, 2.05) is 0 Å². The van der Waals surface area contributed by atoms with E-state index in [2.05, 4.69) is 11.3 Å². The number of nitrogens with one attached hydrogen (secondary N) is 1. The minimum Gasteiger partial charge on any atom is -0.258 e. The summed E-state index contributed by atoms with van der Waals surface area (Å²) in [6, 6.07) is 4.47. The molecule has 0 aliphatic rings. The van der Waals surface area contributed by atoms with E-state index in [4.69, 9.17) is 0 Å². The quantitative estimate of drug-likeness (QED) is 0.343. The molecule has 0 aromatic heterocycles. The van der Waals surface area contributed by atoms with Crippen molar-refractivity contribution in [2.45, 2.75) is 56.1 Å². The monoisotopic (exact) mass is 459 g/mol. The van der Waals surface area contributed by atoms with Crippen molar-refractivity contribution in [2.24, 2.45) is 0 Å². The van der Waals surface area contributed by atoms with Gasteiger partial charge in [-0.15, -0.1) is 6.58 Å². The van der Waals surface area contributed by atoms with Crippen LogP contribution in [0, 0.1) is 27.3 Å². The van der Waals surface area contributed by atoms with Crippen molar-refractivity contribution < 1.29 is 21.9 Å². The van der Waals surface area contributed by atoms with E-state index >= 15 is 0 Å². The number of halogens is 1. The molecule has 0 saturated carbocycles. The number of non-ortho nitro benzene ring substituents is 1. The van der Waals surface area contributed by atoms with Crippen LogP contribution in [0.15, 0.2) is 30.9 Å². The van der Waals surface area contributed by atoms with Gasteiger partial charge in [0.15, 0.2) is 14.6 Å². The molecular weight excluding hydrogens is 433 g/mol. The Hall–Kier alpha value is -2.16. The summed E-state index contributed by atoms with van der Waals surface area (Å²) in [7, 11) is -6.10. The van der Waals surface area contributed by atoms with Crippen LogP contribution in [0.3, 0.4) is 0 Å². The third-order valence-electron chi connectivity index (χ3n) is 4.56. The molecule has 11 heteroatoms. The third-order valence-corrected chi connectivity index (χ3v) is 8.90. The molecule has 0 fully saturated rings. The maximum atomic E-state index is 14.7. The maximum Gasteiger partial charge on any atom is 0.269 e. The van der Waals surface area contributed by atoms with Crippen LogP contribution in [0.1, 0.15) is 46.6 Å². The van der Waals surface area contributed by atoms with Crippen molar-refractivity contribution >= 4 is 26.5 Å². The molecule has 8 nitrogen and oxygen atoms in total. The average Bonchev–Trinajstić information content (AvgIpc) is 2.60. The molecule has 0 heterocycles. The van der Waals surface area contributed by atoms with Crippen molar-refractivity contribution in [1.82, 2.24) is 4.72 Å². The first-order valence-corrected chi connectivity index (χ1v) is 11.7. The second kappa shape index (κ2) is 8.91. The number of nitrogens with zero attached hydrogens (tertiary/aromatic N) is 2. The Morgan fingerprint density at radius 1 is 1.33 bits per heavy atom. The zero-order chi connectivity index (χ0) is 23.5. The normalized spacial score (nSPS) is 17.2. The van der Waals surface area contributed by atoms with E-state index in [1.54, 1.807) is 26.8 Å². The van der Waals surface area contributed by atoms with E-state index in [0.29, 0.717) is 0 Å². The molecule has 2 unspecified atom stereocenters. The van der Waals surface area contributed by atoms with Crippen LogP contribution in [0.5, 0.6) is 0 Å². The molecule has 166 valence electrons. The number of nitriles is 1. The molecule has 0 bridgehead atoms. The van der Waals surface area contributed by atoms with Gasteiger partial charge in [-0.05, 0) is 47.1 Å². The van der Waals surface area contributed by atoms with Crippen LogP contribution >= 0.6 is 0 Å². The van der Waals surface area contributed by atoms with Gasteiger partial charge >= 0.3 is 0 Å². The van der Waals surface area contributed by atoms with Gasteiger partial charge in [0, 0.05) is 17.7 Å². The van der Waals surface area contributed by atoms with Gasteiger partial charge in [0.1, 0.15) is 5.82 Å². The van der Waals surface area contributed by atoms with Crippen LogP contribution < -0.4 is 4.72 Å². The molecule has 0 aliphatic heterocycles.